The van der Waals surface area contributed by atoms with Gasteiger partial charge in [-0.05, 0) is 29.8 Å². The van der Waals surface area contributed by atoms with Gasteiger partial charge in [0.05, 0.1) is 12.0 Å². The van der Waals surface area contributed by atoms with Crippen molar-refractivity contribution in [1.29, 1.82) is 0 Å². The summed E-state index contributed by atoms with van der Waals surface area (Å²) in [5.41, 5.74) is 1.76. The lowest BCUT2D eigenvalue weighted by Gasteiger charge is -2.12. The highest BCUT2D eigenvalue weighted by Gasteiger charge is 2.28. The molecular formula is C18H14FN3O2. The molecule has 0 radical (unpaired) electrons. The highest BCUT2D eigenvalue weighted by Crippen LogP contribution is 2.29. The van der Waals surface area contributed by atoms with Gasteiger partial charge in [-0.25, -0.2) is 9.37 Å². The highest BCUT2D eigenvalue weighted by atomic mass is 19.1. The molecule has 0 aliphatic carbocycles. The fourth-order valence-electron chi connectivity index (χ4n) is 2.75. The lowest BCUT2D eigenvalue weighted by atomic mass is 10.1. The Labute approximate surface area is 137 Å². The first-order chi connectivity index (χ1) is 11.7. The van der Waals surface area contributed by atoms with Gasteiger partial charge >= 0.3 is 0 Å². The van der Waals surface area contributed by atoms with E-state index < -0.39 is 11.9 Å². The molecule has 0 bridgehead atoms. The van der Waals surface area contributed by atoms with E-state index in [1.165, 1.54) is 12.4 Å². The first-order valence-corrected chi connectivity index (χ1v) is 7.54. The van der Waals surface area contributed by atoms with Gasteiger partial charge in [-0.15, -0.1) is 0 Å². The van der Waals surface area contributed by atoms with Crippen LogP contribution in [0.15, 0.2) is 61.2 Å². The second-order valence-corrected chi connectivity index (χ2v) is 5.54. The molecule has 1 unspecified atom stereocenters. The molecule has 1 aromatic heterocycles. The predicted molar refractivity (Wildman–Crippen MR) is 86.7 cm³/mol. The topological polar surface area (TPSA) is 56.2 Å². The first-order valence-electron chi connectivity index (χ1n) is 7.54. The van der Waals surface area contributed by atoms with Crippen molar-refractivity contribution in [3.8, 4) is 11.4 Å². The van der Waals surface area contributed by atoms with Crippen LogP contribution < -0.4 is 10.1 Å². The summed E-state index contributed by atoms with van der Waals surface area (Å²) in [5.74, 6) is -0.0123. The number of benzene rings is 2. The molecule has 0 saturated heterocycles. The van der Waals surface area contributed by atoms with E-state index in [-0.39, 0.29) is 5.91 Å². The van der Waals surface area contributed by atoms with Gasteiger partial charge in [0.2, 0.25) is 0 Å². The van der Waals surface area contributed by atoms with Crippen molar-refractivity contribution in [1.82, 2.24) is 9.55 Å². The zero-order valence-corrected chi connectivity index (χ0v) is 12.6. The standard InChI is InChI=1S/C18H14FN3O2/c19-14-10-13(5-6-15(14)22-8-7-20-11-22)21-18(23)17-9-12-3-1-2-4-16(12)24-17/h1-8,10-11,17H,9H2,(H,21,23). The molecule has 4 rings (SSSR count). The van der Waals surface area contributed by atoms with E-state index in [9.17, 15) is 9.18 Å². The molecule has 2 aromatic carbocycles. The van der Waals surface area contributed by atoms with E-state index in [4.69, 9.17) is 4.74 Å². The summed E-state index contributed by atoms with van der Waals surface area (Å²) in [5, 5.41) is 2.70. The second kappa shape index (κ2) is 5.81. The summed E-state index contributed by atoms with van der Waals surface area (Å²) in [6, 6.07) is 12.1. The third-order valence-electron chi connectivity index (χ3n) is 3.94. The van der Waals surface area contributed by atoms with Crippen LogP contribution in [0, 0.1) is 5.82 Å². The molecule has 3 aromatic rings. The van der Waals surface area contributed by atoms with Crippen molar-refractivity contribution in [3.05, 3.63) is 72.6 Å². The average Bonchev–Trinajstić information content (AvgIpc) is 3.24. The van der Waals surface area contributed by atoms with Crippen molar-refractivity contribution < 1.29 is 13.9 Å². The molecule has 120 valence electrons. The molecule has 24 heavy (non-hydrogen) atoms. The first kappa shape index (κ1) is 14.4. The smallest absolute Gasteiger partial charge is 0.265 e. The molecule has 2 heterocycles. The van der Waals surface area contributed by atoms with Crippen LogP contribution in [0.5, 0.6) is 5.75 Å². The Morgan fingerprint density at radius 1 is 1.29 bits per heavy atom. The lowest BCUT2D eigenvalue weighted by Crippen LogP contribution is -2.31. The maximum absolute atomic E-state index is 14.2. The van der Waals surface area contributed by atoms with Gasteiger partial charge in [-0.3, -0.25) is 4.79 Å². The van der Waals surface area contributed by atoms with Crippen LogP contribution in [-0.2, 0) is 11.2 Å². The highest BCUT2D eigenvalue weighted by molar-refractivity contribution is 5.95. The minimum atomic E-state index is -0.598. The number of nitrogens with one attached hydrogen (secondary N) is 1. The lowest BCUT2D eigenvalue weighted by molar-refractivity contribution is -0.122. The largest absolute Gasteiger partial charge is 0.480 e. The van der Waals surface area contributed by atoms with Gasteiger partial charge in [0, 0.05) is 24.5 Å². The van der Waals surface area contributed by atoms with Crippen LogP contribution in [-0.4, -0.2) is 21.6 Å². The Morgan fingerprint density at radius 2 is 2.17 bits per heavy atom. The van der Waals surface area contributed by atoms with Gasteiger partial charge in [-0.2, -0.15) is 0 Å². The number of carbonyl (C=O) groups excluding carboxylic acids is 1. The van der Waals surface area contributed by atoms with Gasteiger partial charge < -0.3 is 14.6 Å². The van der Waals surface area contributed by atoms with Crippen LogP contribution in [0.4, 0.5) is 10.1 Å². The number of rotatable bonds is 3. The Morgan fingerprint density at radius 3 is 2.92 bits per heavy atom. The van der Waals surface area contributed by atoms with Crippen molar-refractivity contribution in [2.75, 3.05) is 5.32 Å². The maximum atomic E-state index is 14.2. The van der Waals surface area contributed by atoms with Crippen molar-refractivity contribution in [2.45, 2.75) is 12.5 Å². The molecule has 0 fully saturated rings. The fourth-order valence-corrected chi connectivity index (χ4v) is 2.75. The quantitative estimate of drug-likeness (QED) is 0.806. The minimum absolute atomic E-state index is 0.291. The Bertz CT molecular complexity index is 868. The summed E-state index contributed by atoms with van der Waals surface area (Å²) in [6.45, 7) is 0. The maximum Gasteiger partial charge on any atom is 0.265 e. The average molecular weight is 323 g/mol. The number of aromatic nitrogens is 2. The van der Waals surface area contributed by atoms with Crippen molar-refractivity contribution in [2.24, 2.45) is 0 Å². The minimum Gasteiger partial charge on any atom is -0.480 e. The summed E-state index contributed by atoms with van der Waals surface area (Å²) in [4.78, 5) is 16.2. The van der Waals surface area contributed by atoms with Gasteiger partial charge in [0.25, 0.3) is 5.91 Å². The number of fused-ring (bicyclic) bond motifs is 1. The molecule has 1 N–H and O–H groups in total. The molecule has 1 amide bonds. The van der Waals surface area contributed by atoms with E-state index in [0.29, 0.717) is 17.8 Å². The summed E-state index contributed by atoms with van der Waals surface area (Å²) < 4.78 is 21.4. The summed E-state index contributed by atoms with van der Waals surface area (Å²) in [7, 11) is 0. The fraction of sp³-hybridized carbons (Fsp3) is 0.111. The molecule has 6 heteroatoms. The Kier molecular flexibility index (Phi) is 3.49. The van der Waals surface area contributed by atoms with Crippen molar-refractivity contribution in [3.63, 3.8) is 0 Å². The SMILES string of the molecule is O=C(Nc1ccc(-n2ccnc2)c(F)c1)C1Cc2ccccc2O1. The molecule has 0 saturated carbocycles. The number of ether oxygens (including phenoxy) is 1. The van der Waals surface area contributed by atoms with Crippen LogP contribution >= 0.6 is 0 Å². The summed E-state index contributed by atoms with van der Waals surface area (Å²) in [6.07, 6.45) is 4.65. The number of nitrogens with zero attached hydrogens (tertiary/aromatic N) is 2. The van der Waals surface area contributed by atoms with Crippen LogP contribution in [0.2, 0.25) is 0 Å². The second-order valence-electron chi connectivity index (χ2n) is 5.54. The van der Waals surface area contributed by atoms with Crippen molar-refractivity contribution >= 4 is 11.6 Å². The Balaban J connectivity index is 1.48. The Hall–Kier alpha value is -3.15. The summed E-state index contributed by atoms with van der Waals surface area (Å²) >= 11 is 0. The van der Waals surface area contributed by atoms with Crippen LogP contribution in [0.3, 0.4) is 0 Å². The van der Waals surface area contributed by atoms with E-state index >= 15 is 0 Å². The predicted octanol–water partition coefficient (Wildman–Crippen LogP) is 2.95. The van der Waals surface area contributed by atoms with Crippen LogP contribution in [0.1, 0.15) is 5.56 Å². The molecule has 0 spiro atoms. The normalized spacial score (nSPS) is 15.6. The monoisotopic (exact) mass is 323 g/mol. The number of para-hydroxylation sites is 1. The third-order valence-corrected chi connectivity index (χ3v) is 3.94. The van der Waals surface area contributed by atoms with E-state index in [1.54, 1.807) is 29.1 Å². The molecule has 1 aliphatic heterocycles. The molecule has 1 aliphatic rings. The number of hydrogen-bond donors (Lipinski definition) is 1. The third kappa shape index (κ3) is 2.62. The number of amides is 1. The number of halogens is 1. The number of hydrogen-bond acceptors (Lipinski definition) is 3. The van der Waals surface area contributed by atoms with E-state index in [2.05, 4.69) is 10.3 Å². The van der Waals surface area contributed by atoms with E-state index in [0.717, 1.165) is 11.3 Å². The number of imidazole rings is 1. The van der Waals surface area contributed by atoms with Gasteiger partial charge in [0.15, 0.2) is 6.10 Å². The molecular weight excluding hydrogens is 309 g/mol. The molecule has 1 atom stereocenters. The number of anilines is 1. The number of carbonyl (C=O) groups is 1. The van der Waals surface area contributed by atoms with Gasteiger partial charge in [0.1, 0.15) is 11.6 Å². The van der Waals surface area contributed by atoms with E-state index in [1.807, 2.05) is 24.3 Å². The zero-order chi connectivity index (χ0) is 16.5. The zero-order valence-electron chi connectivity index (χ0n) is 12.6. The van der Waals surface area contributed by atoms with Crippen LogP contribution in [0.25, 0.3) is 5.69 Å². The molecule has 5 nitrogen and oxygen atoms in total. The van der Waals surface area contributed by atoms with Gasteiger partial charge in [-0.1, -0.05) is 18.2 Å².